The third-order valence-corrected chi connectivity index (χ3v) is 5.39. The van der Waals surface area contributed by atoms with Crippen LogP contribution in [0, 0.1) is 26.1 Å². The molecule has 10 heteroatoms. The largest absolute Gasteiger partial charge is 0.457 e. The van der Waals surface area contributed by atoms with E-state index in [2.05, 4.69) is 0 Å². The Morgan fingerprint density at radius 3 is 1.59 bits per heavy atom. The average molecular weight is 472 g/mol. The maximum atomic E-state index is 12.9. The quantitative estimate of drug-likeness (QED) is 0.128. The lowest BCUT2D eigenvalue weighted by Crippen LogP contribution is -2.29. The van der Waals surface area contributed by atoms with Gasteiger partial charge in [0.15, 0.2) is 5.92 Å². The normalized spacial score (nSPS) is 13.4. The molecule has 0 amide bonds. The van der Waals surface area contributed by atoms with Crippen molar-refractivity contribution in [1.29, 1.82) is 0 Å². The smallest absolute Gasteiger partial charge is 0.320 e. The molecule has 0 radical (unpaired) electrons. The third-order valence-electron chi connectivity index (χ3n) is 5.39. The Balaban J connectivity index is 2.20. The second-order valence-corrected chi connectivity index (χ2v) is 7.84. The fourth-order valence-electron chi connectivity index (χ4n) is 3.57. The van der Waals surface area contributed by atoms with E-state index in [9.17, 15) is 29.8 Å². The molecule has 2 aromatic rings. The molecule has 0 spiro atoms. The molecule has 0 heterocycles. The van der Waals surface area contributed by atoms with Gasteiger partial charge in [-0.1, -0.05) is 50.5 Å². The summed E-state index contributed by atoms with van der Waals surface area (Å²) in [5.74, 6) is -2.98. The maximum absolute atomic E-state index is 12.9. The molecular formula is C24H28N2O8. The number of rotatable bonds is 12. The highest BCUT2D eigenvalue weighted by molar-refractivity contribution is 5.95. The minimum atomic E-state index is -1.26. The van der Waals surface area contributed by atoms with Gasteiger partial charge in [-0.05, 0) is 32.4 Å². The minimum absolute atomic E-state index is 0.165. The van der Waals surface area contributed by atoms with Crippen LogP contribution < -0.4 is 0 Å². The number of ether oxygens (including phenoxy) is 2. The van der Waals surface area contributed by atoms with Crippen LogP contribution in [-0.2, 0) is 19.1 Å². The van der Waals surface area contributed by atoms with E-state index in [0.29, 0.717) is 6.42 Å². The Hall–Kier alpha value is -3.82. The van der Waals surface area contributed by atoms with Gasteiger partial charge in [0, 0.05) is 12.1 Å². The summed E-state index contributed by atoms with van der Waals surface area (Å²) in [5, 5.41) is 22.6. The Kier molecular flexibility index (Phi) is 9.66. The molecule has 2 aromatic carbocycles. The van der Waals surface area contributed by atoms with Crippen molar-refractivity contribution in [3.8, 4) is 0 Å². The Morgan fingerprint density at radius 1 is 0.794 bits per heavy atom. The number of nitro groups is 2. The molecule has 2 rings (SSSR count). The molecule has 2 atom stereocenters. The first kappa shape index (κ1) is 26.4. The molecule has 2 unspecified atom stereocenters. The molecule has 0 saturated heterocycles. The zero-order valence-electron chi connectivity index (χ0n) is 19.3. The summed E-state index contributed by atoms with van der Waals surface area (Å²) >= 11 is 0. The minimum Gasteiger partial charge on any atom is -0.457 e. The number of nitrogens with zero attached hydrogens (tertiary/aromatic N) is 2. The fraction of sp³-hybridized carbons (Fsp3) is 0.417. The fourth-order valence-corrected chi connectivity index (χ4v) is 3.57. The Labute approximate surface area is 197 Å². The van der Waals surface area contributed by atoms with Gasteiger partial charge in [-0.15, -0.1) is 0 Å². The number of hydrogen-bond acceptors (Lipinski definition) is 8. The Bertz CT molecular complexity index is 962. The van der Waals surface area contributed by atoms with E-state index in [4.69, 9.17) is 9.47 Å². The number of esters is 2. The molecule has 0 aliphatic heterocycles. The van der Waals surface area contributed by atoms with E-state index in [0.717, 1.165) is 12.8 Å². The van der Waals surface area contributed by atoms with Gasteiger partial charge in [0.2, 0.25) is 0 Å². The SMILES string of the molecule is CCCCCC(C(=O)OC(C)c1ccccc1[N+](=O)[O-])C(=O)OC(C)c1ccccc1[N+](=O)[O-]. The number of benzene rings is 2. The van der Waals surface area contributed by atoms with Crippen LogP contribution in [-0.4, -0.2) is 21.8 Å². The lowest BCUT2D eigenvalue weighted by molar-refractivity contribution is -0.386. The molecule has 0 bridgehead atoms. The first-order valence-electron chi connectivity index (χ1n) is 11.0. The molecule has 34 heavy (non-hydrogen) atoms. The van der Waals surface area contributed by atoms with Crippen molar-refractivity contribution in [3.05, 3.63) is 79.9 Å². The second-order valence-electron chi connectivity index (χ2n) is 7.84. The number of carbonyl (C=O) groups is 2. The van der Waals surface area contributed by atoms with Gasteiger partial charge in [0.25, 0.3) is 11.4 Å². The summed E-state index contributed by atoms with van der Waals surface area (Å²) in [6, 6.07) is 11.8. The maximum Gasteiger partial charge on any atom is 0.320 e. The predicted octanol–water partition coefficient (Wildman–Crippen LogP) is 5.61. The monoisotopic (exact) mass is 472 g/mol. The molecule has 0 N–H and O–H groups in total. The van der Waals surface area contributed by atoms with Crippen LogP contribution in [0.4, 0.5) is 11.4 Å². The van der Waals surface area contributed by atoms with Crippen LogP contribution in [0.2, 0.25) is 0 Å². The van der Waals surface area contributed by atoms with Crippen molar-refractivity contribution in [2.45, 2.75) is 58.7 Å². The van der Waals surface area contributed by atoms with Gasteiger partial charge < -0.3 is 9.47 Å². The van der Waals surface area contributed by atoms with E-state index < -0.39 is 39.9 Å². The number of unbranched alkanes of at least 4 members (excludes halogenated alkanes) is 2. The Morgan fingerprint density at radius 2 is 1.21 bits per heavy atom. The van der Waals surface area contributed by atoms with Crippen molar-refractivity contribution >= 4 is 23.3 Å². The zero-order chi connectivity index (χ0) is 25.3. The number of para-hydroxylation sites is 2. The summed E-state index contributed by atoms with van der Waals surface area (Å²) < 4.78 is 10.9. The van der Waals surface area contributed by atoms with Gasteiger partial charge in [-0.2, -0.15) is 0 Å². The first-order valence-corrected chi connectivity index (χ1v) is 11.0. The summed E-state index contributed by atoms with van der Waals surface area (Å²) in [6.45, 7) is 4.95. The summed E-state index contributed by atoms with van der Waals surface area (Å²) in [5.41, 5.74) is 0.0143. The van der Waals surface area contributed by atoms with Gasteiger partial charge in [0.1, 0.15) is 12.2 Å². The lowest BCUT2D eigenvalue weighted by Gasteiger charge is -2.21. The van der Waals surface area contributed by atoms with Crippen LogP contribution in [0.1, 0.15) is 69.8 Å². The van der Waals surface area contributed by atoms with Gasteiger partial charge in [0.05, 0.1) is 21.0 Å². The van der Waals surface area contributed by atoms with E-state index in [1.165, 1.54) is 50.2 Å². The second kappa shape index (κ2) is 12.4. The molecule has 182 valence electrons. The number of carbonyl (C=O) groups excluding carboxylic acids is 2. The summed E-state index contributed by atoms with van der Waals surface area (Å²) in [7, 11) is 0. The van der Waals surface area contributed by atoms with E-state index in [-0.39, 0.29) is 28.9 Å². The molecule has 0 aliphatic carbocycles. The first-order chi connectivity index (χ1) is 16.2. The molecule has 10 nitrogen and oxygen atoms in total. The van der Waals surface area contributed by atoms with E-state index in [1.54, 1.807) is 12.1 Å². The van der Waals surface area contributed by atoms with Crippen LogP contribution in [0.15, 0.2) is 48.5 Å². The van der Waals surface area contributed by atoms with Crippen molar-refractivity contribution in [2.24, 2.45) is 5.92 Å². The predicted molar refractivity (Wildman–Crippen MR) is 123 cm³/mol. The zero-order valence-corrected chi connectivity index (χ0v) is 19.3. The number of nitro benzene ring substituents is 2. The average Bonchev–Trinajstić information content (AvgIpc) is 2.81. The lowest BCUT2D eigenvalue weighted by atomic mass is 10.0. The third kappa shape index (κ3) is 6.84. The molecule has 0 saturated carbocycles. The van der Waals surface area contributed by atoms with Crippen LogP contribution in [0.3, 0.4) is 0 Å². The van der Waals surface area contributed by atoms with Crippen molar-refractivity contribution in [1.82, 2.24) is 0 Å². The standard InChI is InChI=1S/C24H28N2O8/c1-4-5-6-13-20(23(27)33-16(2)18-11-7-9-14-21(18)25(29)30)24(28)34-17(3)19-12-8-10-15-22(19)26(31)32/h7-12,14-17,20H,4-6,13H2,1-3H3. The summed E-state index contributed by atoms with van der Waals surface area (Å²) in [6.07, 6.45) is 0.419. The highest BCUT2D eigenvalue weighted by atomic mass is 16.6. The van der Waals surface area contributed by atoms with Gasteiger partial charge >= 0.3 is 11.9 Å². The highest BCUT2D eigenvalue weighted by Crippen LogP contribution is 2.31. The molecule has 0 aromatic heterocycles. The summed E-state index contributed by atoms with van der Waals surface area (Å²) in [4.78, 5) is 47.3. The molecule has 0 aliphatic rings. The van der Waals surface area contributed by atoms with Gasteiger partial charge in [-0.3, -0.25) is 29.8 Å². The van der Waals surface area contributed by atoms with Crippen LogP contribution >= 0.6 is 0 Å². The highest BCUT2D eigenvalue weighted by Gasteiger charge is 2.34. The van der Waals surface area contributed by atoms with Crippen molar-refractivity contribution in [3.63, 3.8) is 0 Å². The number of hydrogen-bond donors (Lipinski definition) is 0. The van der Waals surface area contributed by atoms with Gasteiger partial charge in [-0.25, -0.2) is 0 Å². The molecule has 0 fully saturated rings. The van der Waals surface area contributed by atoms with Crippen LogP contribution in [0.5, 0.6) is 0 Å². The van der Waals surface area contributed by atoms with Crippen LogP contribution in [0.25, 0.3) is 0 Å². The molecular weight excluding hydrogens is 444 g/mol. The van der Waals surface area contributed by atoms with E-state index >= 15 is 0 Å². The van der Waals surface area contributed by atoms with Crippen molar-refractivity contribution < 1.29 is 28.9 Å². The van der Waals surface area contributed by atoms with E-state index in [1.807, 2.05) is 6.92 Å². The van der Waals surface area contributed by atoms with Crippen molar-refractivity contribution in [2.75, 3.05) is 0 Å². The topological polar surface area (TPSA) is 139 Å².